The van der Waals surface area contributed by atoms with E-state index in [1.54, 1.807) is 0 Å². The van der Waals surface area contributed by atoms with Gasteiger partial charge in [0.15, 0.2) is 0 Å². The Morgan fingerprint density at radius 2 is 1.82 bits per heavy atom. The van der Waals surface area contributed by atoms with Crippen LogP contribution in [0.5, 0.6) is 0 Å². The number of anilines is 1. The quantitative estimate of drug-likeness (QED) is 0.933. The lowest BCUT2D eigenvalue weighted by atomic mass is 9.92. The van der Waals surface area contributed by atoms with Gasteiger partial charge in [-0.2, -0.15) is 0 Å². The topological polar surface area (TPSA) is 49.4 Å². The van der Waals surface area contributed by atoms with Gasteiger partial charge in [-0.15, -0.1) is 0 Å². The van der Waals surface area contributed by atoms with Gasteiger partial charge in [0.25, 0.3) is 0 Å². The molecular weight excluding hydrogens is 276 g/mol. The lowest BCUT2D eigenvalue weighted by molar-refractivity contribution is -0.127. The van der Waals surface area contributed by atoms with Gasteiger partial charge >= 0.3 is 0 Å². The van der Waals surface area contributed by atoms with Gasteiger partial charge < -0.3 is 10.2 Å². The van der Waals surface area contributed by atoms with Gasteiger partial charge in [0.2, 0.25) is 5.91 Å². The minimum atomic E-state index is 0.0617. The first-order chi connectivity index (χ1) is 10.7. The number of ketones is 1. The van der Waals surface area contributed by atoms with E-state index in [4.69, 9.17) is 0 Å². The smallest absolute Gasteiger partial charge is 0.225 e. The van der Waals surface area contributed by atoms with Gasteiger partial charge in [0, 0.05) is 37.7 Å². The molecule has 0 aromatic heterocycles. The molecule has 4 heteroatoms. The second-order valence-electron chi connectivity index (χ2n) is 6.44. The van der Waals surface area contributed by atoms with E-state index in [-0.39, 0.29) is 17.9 Å². The molecule has 0 radical (unpaired) electrons. The van der Waals surface area contributed by atoms with E-state index in [1.165, 1.54) is 5.69 Å². The van der Waals surface area contributed by atoms with E-state index < -0.39 is 0 Å². The van der Waals surface area contributed by atoms with Crippen LogP contribution in [-0.2, 0) is 9.59 Å². The molecule has 2 fully saturated rings. The predicted molar refractivity (Wildman–Crippen MR) is 86.8 cm³/mol. The Balaban J connectivity index is 1.55. The Bertz CT molecular complexity index is 519. The molecule has 1 aromatic rings. The number of nitrogens with zero attached hydrogens (tertiary/aromatic N) is 1. The molecule has 0 unspecified atom stereocenters. The molecular formula is C18H24N2O2. The first-order valence-electron chi connectivity index (χ1n) is 8.34. The number of piperidine rings is 1. The maximum Gasteiger partial charge on any atom is 0.225 e. The summed E-state index contributed by atoms with van der Waals surface area (Å²) in [6.45, 7) is 1.81. The molecule has 1 atom stereocenters. The normalized spacial score (nSPS) is 23.4. The first kappa shape index (κ1) is 15.1. The molecule has 0 spiro atoms. The summed E-state index contributed by atoms with van der Waals surface area (Å²) in [5.41, 5.74) is 1.20. The molecule has 1 aliphatic heterocycles. The maximum absolute atomic E-state index is 12.5. The van der Waals surface area contributed by atoms with Crippen molar-refractivity contribution in [1.29, 1.82) is 0 Å². The average molecular weight is 300 g/mol. The molecule has 1 saturated carbocycles. The number of hydrogen-bond donors (Lipinski definition) is 1. The molecule has 1 amide bonds. The second-order valence-corrected chi connectivity index (χ2v) is 6.44. The van der Waals surface area contributed by atoms with Crippen molar-refractivity contribution >= 4 is 17.4 Å². The van der Waals surface area contributed by atoms with Crippen molar-refractivity contribution in [1.82, 2.24) is 5.32 Å². The van der Waals surface area contributed by atoms with Crippen molar-refractivity contribution in [2.45, 2.75) is 44.6 Å². The maximum atomic E-state index is 12.5. The minimum absolute atomic E-state index is 0.0617. The second kappa shape index (κ2) is 6.95. The fraction of sp³-hybridized carbons (Fsp3) is 0.556. The van der Waals surface area contributed by atoms with Gasteiger partial charge in [0.05, 0.1) is 5.92 Å². The van der Waals surface area contributed by atoms with E-state index in [1.807, 2.05) is 18.2 Å². The van der Waals surface area contributed by atoms with Gasteiger partial charge in [-0.3, -0.25) is 9.59 Å². The summed E-state index contributed by atoms with van der Waals surface area (Å²) < 4.78 is 0. The number of para-hydroxylation sites is 1. The summed E-state index contributed by atoms with van der Waals surface area (Å²) in [5, 5.41) is 3.16. The Morgan fingerprint density at radius 1 is 1.09 bits per heavy atom. The fourth-order valence-electron chi connectivity index (χ4n) is 3.47. The Morgan fingerprint density at radius 3 is 2.55 bits per heavy atom. The molecule has 1 aromatic carbocycles. The van der Waals surface area contributed by atoms with Crippen molar-refractivity contribution in [3.63, 3.8) is 0 Å². The third-order valence-corrected chi connectivity index (χ3v) is 4.80. The van der Waals surface area contributed by atoms with Crippen LogP contribution in [0, 0.1) is 5.92 Å². The summed E-state index contributed by atoms with van der Waals surface area (Å²) in [4.78, 5) is 26.1. The van der Waals surface area contributed by atoms with Gasteiger partial charge in [-0.1, -0.05) is 18.2 Å². The summed E-state index contributed by atoms with van der Waals surface area (Å²) >= 11 is 0. The SMILES string of the molecule is O=C1CCC(NC(=O)[C@H]2CCCN(c3ccccc3)C2)CC1. The minimum Gasteiger partial charge on any atom is -0.371 e. The van der Waals surface area contributed by atoms with Gasteiger partial charge in [0.1, 0.15) is 5.78 Å². The standard InChI is InChI=1S/C18H24N2O2/c21-17-10-8-15(9-11-17)19-18(22)14-5-4-12-20(13-14)16-6-2-1-3-7-16/h1-3,6-7,14-15H,4-5,8-13H2,(H,19,22)/t14-/m0/s1. The predicted octanol–water partition coefficient (Wildman–Crippen LogP) is 2.53. The number of benzene rings is 1. The highest BCUT2D eigenvalue weighted by Crippen LogP contribution is 2.24. The molecule has 1 N–H and O–H groups in total. The van der Waals surface area contributed by atoms with Crippen molar-refractivity contribution in [2.75, 3.05) is 18.0 Å². The molecule has 3 rings (SSSR count). The molecule has 4 nitrogen and oxygen atoms in total. The van der Waals surface area contributed by atoms with Crippen molar-refractivity contribution in [2.24, 2.45) is 5.92 Å². The molecule has 1 aliphatic carbocycles. The van der Waals surface area contributed by atoms with E-state index >= 15 is 0 Å². The monoisotopic (exact) mass is 300 g/mol. The van der Waals surface area contributed by atoms with Crippen LogP contribution in [0.15, 0.2) is 30.3 Å². The Kier molecular flexibility index (Phi) is 4.76. The van der Waals surface area contributed by atoms with Crippen LogP contribution in [0.2, 0.25) is 0 Å². The summed E-state index contributed by atoms with van der Waals surface area (Å²) in [6.07, 6.45) is 4.86. The highest BCUT2D eigenvalue weighted by atomic mass is 16.2. The Labute approximate surface area is 131 Å². The van der Waals surface area contributed by atoms with Gasteiger partial charge in [-0.05, 0) is 37.8 Å². The van der Waals surface area contributed by atoms with Crippen LogP contribution >= 0.6 is 0 Å². The summed E-state index contributed by atoms with van der Waals surface area (Å²) in [7, 11) is 0. The van der Waals surface area contributed by atoms with Crippen LogP contribution in [0.25, 0.3) is 0 Å². The Hall–Kier alpha value is -1.84. The number of nitrogens with one attached hydrogen (secondary N) is 1. The zero-order chi connectivity index (χ0) is 15.4. The number of Topliss-reactive ketones (excluding diaryl/α,β-unsaturated/α-hetero) is 1. The zero-order valence-corrected chi connectivity index (χ0v) is 13.0. The first-order valence-corrected chi connectivity index (χ1v) is 8.34. The van der Waals surface area contributed by atoms with Crippen LogP contribution in [0.4, 0.5) is 5.69 Å². The molecule has 1 heterocycles. The lowest BCUT2D eigenvalue weighted by Crippen LogP contribution is -2.46. The average Bonchev–Trinajstić information content (AvgIpc) is 2.58. The number of carbonyl (C=O) groups excluding carboxylic acids is 2. The van der Waals surface area contributed by atoms with Crippen molar-refractivity contribution in [3.8, 4) is 0 Å². The number of rotatable bonds is 3. The van der Waals surface area contributed by atoms with Crippen LogP contribution < -0.4 is 10.2 Å². The fourth-order valence-corrected chi connectivity index (χ4v) is 3.47. The van der Waals surface area contributed by atoms with E-state index in [9.17, 15) is 9.59 Å². The third-order valence-electron chi connectivity index (χ3n) is 4.80. The summed E-state index contributed by atoms with van der Waals surface area (Å²) in [6, 6.07) is 10.5. The van der Waals surface area contributed by atoms with Crippen LogP contribution in [-0.4, -0.2) is 30.8 Å². The molecule has 0 bridgehead atoms. The van der Waals surface area contributed by atoms with E-state index in [0.29, 0.717) is 18.6 Å². The molecule has 22 heavy (non-hydrogen) atoms. The van der Waals surface area contributed by atoms with Crippen molar-refractivity contribution in [3.05, 3.63) is 30.3 Å². The molecule has 2 aliphatic rings. The zero-order valence-electron chi connectivity index (χ0n) is 13.0. The molecule has 118 valence electrons. The summed E-state index contributed by atoms with van der Waals surface area (Å²) in [5.74, 6) is 0.560. The van der Waals surface area contributed by atoms with Crippen molar-refractivity contribution < 1.29 is 9.59 Å². The number of amides is 1. The van der Waals surface area contributed by atoms with E-state index in [2.05, 4.69) is 22.3 Å². The van der Waals surface area contributed by atoms with Gasteiger partial charge in [-0.25, -0.2) is 0 Å². The number of carbonyl (C=O) groups is 2. The van der Waals surface area contributed by atoms with Crippen LogP contribution in [0.1, 0.15) is 38.5 Å². The highest BCUT2D eigenvalue weighted by molar-refractivity contribution is 5.81. The highest BCUT2D eigenvalue weighted by Gasteiger charge is 2.28. The number of hydrogen-bond acceptors (Lipinski definition) is 3. The third kappa shape index (κ3) is 3.67. The van der Waals surface area contributed by atoms with Crippen LogP contribution in [0.3, 0.4) is 0 Å². The largest absolute Gasteiger partial charge is 0.371 e. The van der Waals surface area contributed by atoms with E-state index in [0.717, 1.165) is 38.8 Å². The molecule has 1 saturated heterocycles. The lowest BCUT2D eigenvalue weighted by Gasteiger charge is -2.34.